The van der Waals surface area contributed by atoms with Crippen molar-refractivity contribution in [3.05, 3.63) is 186 Å². The Bertz CT molecular complexity index is 2200. The highest BCUT2D eigenvalue weighted by Crippen LogP contribution is 2.34. The van der Waals surface area contributed by atoms with Gasteiger partial charge < -0.3 is 18.9 Å². The Balaban J connectivity index is 1.33. The first-order valence-electron chi connectivity index (χ1n) is 21.3. The van der Waals surface area contributed by atoms with Gasteiger partial charge in [-0.05, 0) is 206 Å². The maximum atomic E-state index is 6.35. The minimum Gasteiger partial charge on any atom is -0.494 e. The van der Waals surface area contributed by atoms with E-state index in [1.165, 1.54) is 89.0 Å². The average Bonchev–Trinajstić information content (AvgIpc) is 3.20. The fraction of sp³-hybridized carbons (Fsp3) is 0.333. The van der Waals surface area contributed by atoms with Crippen LogP contribution < -0.4 is 18.9 Å². The van der Waals surface area contributed by atoms with Crippen molar-refractivity contribution in [3.8, 4) is 23.0 Å². The maximum absolute atomic E-state index is 6.35. The van der Waals surface area contributed by atoms with Gasteiger partial charge in [-0.2, -0.15) is 0 Å². The molecule has 4 heteroatoms. The molecule has 0 unspecified atom stereocenters. The smallest absolute Gasteiger partial charge is 0.123 e. The molecular formula is C54H60O4. The summed E-state index contributed by atoms with van der Waals surface area (Å²) in [7, 11) is 0. The highest BCUT2D eigenvalue weighted by atomic mass is 16.5. The van der Waals surface area contributed by atoms with E-state index in [1.54, 1.807) is 0 Å². The van der Waals surface area contributed by atoms with Gasteiger partial charge in [0.25, 0.3) is 0 Å². The largest absolute Gasteiger partial charge is 0.494 e. The number of rotatable bonds is 8. The van der Waals surface area contributed by atoms with Gasteiger partial charge in [0.05, 0.1) is 26.4 Å². The summed E-state index contributed by atoms with van der Waals surface area (Å²) in [5, 5.41) is 0. The first kappa shape index (κ1) is 40.7. The summed E-state index contributed by atoms with van der Waals surface area (Å²) >= 11 is 0. The zero-order chi connectivity index (χ0) is 40.8. The average molecular weight is 773 g/mol. The van der Waals surface area contributed by atoms with E-state index in [0.717, 1.165) is 61.5 Å². The molecule has 0 atom stereocenters. The Kier molecular flexibility index (Phi) is 12.9. The molecule has 0 heterocycles. The number of aryl methyl sites for hydroxylation is 2. The van der Waals surface area contributed by atoms with Crippen molar-refractivity contribution in [1.82, 2.24) is 0 Å². The van der Waals surface area contributed by atoms with Crippen LogP contribution in [0.25, 0.3) is 0 Å². The Labute approximate surface area is 347 Å². The fourth-order valence-electron chi connectivity index (χ4n) is 8.51. The van der Waals surface area contributed by atoms with Crippen LogP contribution in [0.4, 0.5) is 0 Å². The zero-order valence-corrected chi connectivity index (χ0v) is 35.9. The van der Waals surface area contributed by atoms with Crippen LogP contribution in [0.1, 0.15) is 117 Å². The highest BCUT2D eigenvalue weighted by Gasteiger charge is 2.18. The maximum Gasteiger partial charge on any atom is 0.123 e. The van der Waals surface area contributed by atoms with Crippen LogP contribution in [0, 0.1) is 27.7 Å². The van der Waals surface area contributed by atoms with Gasteiger partial charge >= 0.3 is 0 Å². The minimum absolute atomic E-state index is 0.619. The summed E-state index contributed by atoms with van der Waals surface area (Å²) in [5.74, 6) is 3.77. The van der Waals surface area contributed by atoms with Gasteiger partial charge in [-0.3, -0.25) is 0 Å². The Morgan fingerprint density at radius 3 is 0.931 bits per heavy atom. The standard InChI is InChI=1S/C54H60O4/c1-9-55-51-29-45-25-41-17-19-42(20-18-41)26-46-30-52(56-10-2)32-48(38(46)8)28-50-22-36(6)44(34-54(50)58-12-4)24-40-15-13-39(14-16-40)23-43-33-53(57-11-3)49(21-35(43)5)27-47(31-51)37(45)7/h13-22,29-34H,9-12,23-28H2,1-8H3. The Morgan fingerprint density at radius 2 is 0.621 bits per heavy atom. The molecule has 58 heavy (non-hydrogen) atoms. The van der Waals surface area contributed by atoms with E-state index in [1.807, 2.05) is 0 Å². The summed E-state index contributed by atoms with van der Waals surface area (Å²) < 4.78 is 25.0. The molecule has 0 saturated carbocycles. The molecule has 0 amide bonds. The SMILES string of the molecule is CCOc1cc2c(C)c(c1)Cc1cc(C)c(cc1OCC)Cc1ccc(cc1)Cc1cc(OCC)c(cc1C)Cc1cc(OCC)cc(c1C)Cc1ccc(cc1)C2. The second-order valence-corrected chi connectivity index (χ2v) is 15.9. The molecule has 0 aliphatic heterocycles. The molecule has 6 aliphatic rings. The van der Waals surface area contributed by atoms with Crippen molar-refractivity contribution in [2.75, 3.05) is 26.4 Å². The lowest BCUT2D eigenvalue weighted by Gasteiger charge is -2.19. The lowest BCUT2D eigenvalue weighted by molar-refractivity contribution is 0.336. The van der Waals surface area contributed by atoms with E-state index in [4.69, 9.17) is 18.9 Å². The molecule has 0 spiro atoms. The van der Waals surface area contributed by atoms with E-state index in [-0.39, 0.29) is 0 Å². The minimum atomic E-state index is 0.619. The van der Waals surface area contributed by atoms with Crippen molar-refractivity contribution >= 4 is 0 Å². The Hall–Kier alpha value is -5.48. The van der Waals surface area contributed by atoms with E-state index in [0.29, 0.717) is 26.4 Å². The molecule has 12 rings (SSSR count). The second kappa shape index (κ2) is 18.4. The number of ether oxygens (including phenoxy) is 4. The van der Waals surface area contributed by atoms with Crippen LogP contribution in [0.15, 0.2) is 97.1 Å². The lowest BCUT2D eigenvalue weighted by Crippen LogP contribution is -2.05. The van der Waals surface area contributed by atoms with Crippen LogP contribution in [0.5, 0.6) is 23.0 Å². The predicted molar refractivity (Wildman–Crippen MR) is 239 cm³/mol. The molecule has 4 nitrogen and oxygen atoms in total. The van der Waals surface area contributed by atoms with Crippen molar-refractivity contribution in [1.29, 1.82) is 0 Å². The van der Waals surface area contributed by atoms with Crippen molar-refractivity contribution < 1.29 is 18.9 Å². The van der Waals surface area contributed by atoms with Gasteiger partial charge in [-0.1, -0.05) is 60.7 Å². The van der Waals surface area contributed by atoms with E-state index in [9.17, 15) is 0 Å². The number of fused-ring (bicyclic) bond motifs is 2. The Morgan fingerprint density at radius 1 is 0.328 bits per heavy atom. The van der Waals surface area contributed by atoms with Crippen LogP contribution in [0.2, 0.25) is 0 Å². The van der Waals surface area contributed by atoms with Gasteiger partial charge in [0.1, 0.15) is 23.0 Å². The van der Waals surface area contributed by atoms with Gasteiger partial charge in [-0.25, -0.2) is 0 Å². The topological polar surface area (TPSA) is 36.9 Å². The van der Waals surface area contributed by atoms with Crippen LogP contribution >= 0.6 is 0 Å². The molecule has 12 bridgehead atoms. The van der Waals surface area contributed by atoms with Gasteiger partial charge in [0.2, 0.25) is 0 Å². The number of benzene rings is 6. The summed E-state index contributed by atoms with van der Waals surface area (Å²) in [4.78, 5) is 0. The molecule has 6 aromatic rings. The molecular weight excluding hydrogens is 713 g/mol. The summed E-state index contributed by atoms with van der Waals surface area (Å²) in [6, 6.07) is 36.5. The highest BCUT2D eigenvalue weighted by molar-refractivity contribution is 5.53. The molecule has 0 N–H and O–H groups in total. The quantitative estimate of drug-likeness (QED) is 0.154. The van der Waals surface area contributed by atoms with Crippen molar-refractivity contribution in [3.63, 3.8) is 0 Å². The van der Waals surface area contributed by atoms with Crippen molar-refractivity contribution in [2.24, 2.45) is 0 Å². The zero-order valence-electron chi connectivity index (χ0n) is 35.9. The monoisotopic (exact) mass is 772 g/mol. The van der Waals surface area contributed by atoms with Gasteiger partial charge in [0, 0.05) is 12.8 Å². The van der Waals surface area contributed by atoms with E-state index in [2.05, 4.69) is 152 Å². The third-order valence-corrected chi connectivity index (χ3v) is 11.8. The number of hydrogen-bond acceptors (Lipinski definition) is 4. The summed E-state index contributed by atoms with van der Waals surface area (Å²) in [6.07, 6.45) is 4.91. The normalized spacial score (nSPS) is 12.7. The molecule has 6 aromatic carbocycles. The number of hydrogen-bond donors (Lipinski definition) is 0. The predicted octanol–water partition coefficient (Wildman–Crippen LogP) is 12.4. The third-order valence-electron chi connectivity index (χ3n) is 11.8. The van der Waals surface area contributed by atoms with Crippen LogP contribution in [-0.2, 0) is 38.5 Å². The molecule has 0 saturated heterocycles. The molecule has 0 aromatic heterocycles. The van der Waals surface area contributed by atoms with Gasteiger partial charge in [0.15, 0.2) is 0 Å². The molecule has 6 aliphatic carbocycles. The first-order valence-corrected chi connectivity index (χ1v) is 21.3. The second-order valence-electron chi connectivity index (χ2n) is 15.9. The van der Waals surface area contributed by atoms with Crippen LogP contribution in [0.3, 0.4) is 0 Å². The van der Waals surface area contributed by atoms with E-state index < -0.39 is 0 Å². The molecule has 0 radical (unpaired) electrons. The first-order chi connectivity index (χ1) is 28.1. The van der Waals surface area contributed by atoms with Gasteiger partial charge in [-0.15, -0.1) is 0 Å². The van der Waals surface area contributed by atoms with Crippen LogP contribution in [-0.4, -0.2) is 26.4 Å². The molecule has 300 valence electrons. The van der Waals surface area contributed by atoms with E-state index >= 15 is 0 Å². The summed E-state index contributed by atoms with van der Waals surface area (Å²) in [5.41, 5.74) is 20.4. The lowest BCUT2D eigenvalue weighted by atomic mass is 9.89. The third kappa shape index (κ3) is 9.45. The fourth-order valence-corrected chi connectivity index (χ4v) is 8.51. The summed E-state index contributed by atoms with van der Waals surface area (Å²) in [6.45, 7) is 19.7. The molecule has 0 fully saturated rings. The van der Waals surface area contributed by atoms with Crippen molar-refractivity contribution in [2.45, 2.75) is 93.9 Å².